The molecular weight excluding hydrogens is 336 g/mol. The van der Waals surface area contributed by atoms with Gasteiger partial charge in [0.15, 0.2) is 10.9 Å². The predicted molar refractivity (Wildman–Crippen MR) is 103 cm³/mol. The Labute approximate surface area is 145 Å². The number of para-hydroxylation sites is 1. The molecule has 2 heterocycles. The second-order valence-corrected chi connectivity index (χ2v) is 6.52. The first-order valence-corrected chi connectivity index (χ1v) is 8.20. The maximum atomic E-state index is 12.8. The molecule has 4 nitrogen and oxygen atoms in total. The average Bonchev–Trinajstić information content (AvgIpc) is 2.61. The summed E-state index contributed by atoms with van der Waals surface area (Å²) in [6, 6.07) is 15.9. The van der Waals surface area contributed by atoms with Gasteiger partial charge in [-0.1, -0.05) is 23.7 Å². The number of nitrogens with one attached hydrogen (secondary N) is 2. The monoisotopic (exact) mass is 346 g/mol. The minimum atomic E-state index is -0.0867. The minimum Gasteiger partial charge on any atom is -0.354 e. The van der Waals surface area contributed by atoms with E-state index < -0.39 is 0 Å². The van der Waals surface area contributed by atoms with Crippen LogP contribution < -0.4 is 10.9 Å². The van der Waals surface area contributed by atoms with Crippen LogP contribution in [0.1, 0.15) is 0 Å². The molecule has 0 fully saturated rings. The number of fused-ring (bicyclic) bond motifs is 4. The van der Waals surface area contributed by atoms with E-state index in [1.807, 2.05) is 18.2 Å². The second-order valence-electron chi connectivity index (χ2n) is 6.09. The van der Waals surface area contributed by atoms with Crippen molar-refractivity contribution >= 4 is 55.2 Å². The number of pyridine rings is 2. The molecule has 0 saturated heterocycles. The predicted octanol–water partition coefficient (Wildman–Crippen LogP) is 4.33. The Kier molecular flexibility index (Phi) is 2.82. The molecule has 120 valence electrons. The highest BCUT2D eigenvalue weighted by molar-refractivity contribution is 6.31. The summed E-state index contributed by atoms with van der Waals surface area (Å²) in [5.74, 6) is 0. The van der Waals surface area contributed by atoms with Crippen molar-refractivity contribution < 1.29 is 0 Å². The third kappa shape index (κ3) is 2.01. The van der Waals surface area contributed by atoms with Crippen LogP contribution >= 0.6 is 11.6 Å². The number of aromatic nitrogens is 2. The minimum absolute atomic E-state index is 0.0571. The Morgan fingerprint density at radius 3 is 1.88 bits per heavy atom. The molecule has 5 rings (SSSR count). The van der Waals surface area contributed by atoms with E-state index in [0.29, 0.717) is 43.1 Å². The first kappa shape index (κ1) is 14.3. The van der Waals surface area contributed by atoms with E-state index in [0.717, 1.165) is 5.52 Å². The van der Waals surface area contributed by atoms with Gasteiger partial charge in [0.25, 0.3) is 0 Å². The van der Waals surface area contributed by atoms with Crippen molar-refractivity contribution in [1.82, 2.24) is 9.97 Å². The molecule has 0 amide bonds. The molecule has 0 atom stereocenters. The highest BCUT2D eigenvalue weighted by atomic mass is 35.5. The molecule has 0 aliphatic heterocycles. The zero-order chi connectivity index (χ0) is 17.1. The van der Waals surface area contributed by atoms with Crippen molar-refractivity contribution in [1.29, 1.82) is 0 Å². The Morgan fingerprint density at radius 2 is 1.16 bits per heavy atom. The number of benzene rings is 3. The van der Waals surface area contributed by atoms with Crippen molar-refractivity contribution in [3.63, 3.8) is 0 Å². The van der Waals surface area contributed by atoms with Gasteiger partial charge in [0.1, 0.15) is 0 Å². The van der Waals surface area contributed by atoms with Gasteiger partial charge in [-0.05, 0) is 42.5 Å². The lowest BCUT2D eigenvalue weighted by molar-refractivity contribution is 1.46. The molecule has 3 aromatic carbocycles. The Morgan fingerprint density at radius 1 is 0.600 bits per heavy atom. The molecule has 0 bridgehead atoms. The van der Waals surface area contributed by atoms with E-state index in [2.05, 4.69) is 9.97 Å². The number of hydrogen-bond donors (Lipinski definition) is 2. The van der Waals surface area contributed by atoms with Crippen LogP contribution in [0.15, 0.2) is 64.2 Å². The first-order valence-electron chi connectivity index (χ1n) is 7.82. The van der Waals surface area contributed by atoms with Gasteiger partial charge in [0.05, 0.1) is 16.6 Å². The third-order valence-electron chi connectivity index (χ3n) is 4.58. The fraction of sp³-hybridized carbons (Fsp3) is 0. The molecule has 0 aliphatic rings. The Hall–Kier alpha value is -3.11. The molecule has 0 unspecified atom stereocenters. The summed E-state index contributed by atoms with van der Waals surface area (Å²) in [4.78, 5) is 32.1. The van der Waals surface area contributed by atoms with Crippen LogP contribution in [0, 0.1) is 0 Å². The van der Waals surface area contributed by atoms with Crippen LogP contribution in [0.3, 0.4) is 0 Å². The summed E-state index contributed by atoms with van der Waals surface area (Å²) in [5, 5.41) is 2.82. The average molecular weight is 347 g/mol. The summed E-state index contributed by atoms with van der Waals surface area (Å²) in [7, 11) is 0. The second kappa shape index (κ2) is 4.94. The van der Waals surface area contributed by atoms with Crippen molar-refractivity contribution in [2.45, 2.75) is 0 Å². The van der Waals surface area contributed by atoms with Gasteiger partial charge in [0.2, 0.25) is 0 Å². The standard InChI is InChI=1S/C20H11ClN2O2/c21-10-5-6-12-16(7-10)23-18-9-13-17(8-14(18)20(12)25)22-15-4-2-1-3-11(15)19(13)24/h1-9H,(H,22,24)(H,23,25). The van der Waals surface area contributed by atoms with Crippen LogP contribution in [-0.4, -0.2) is 9.97 Å². The van der Waals surface area contributed by atoms with Crippen LogP contribution in [0.25, 0.3) is 43.6 Å². The molecule has 0 spiro atoms. The van der Waals surface area contributed by atoms with Crippen LogP contribution in [0.5, 0.6) is 0 Å². The fourth-order valence-electron chi connectivity index (χ4n) is 3.37. The van der Waals surface area contributed by atoms with Crippen molar-refractivity contribution in [3.8, 4) is 0 Å². The molecule has 0 saturated carbocycles. The van der Waals surface area contributed by atoms with Gasteiger partial charge in [-0.2, -0.15) is 0 Å². The van der Waals surface area contributed by atoms with E-state index >= 15 is 0 Å². The normalized spacial score (nSPS) is 11.7. The summed E-state index contributed by atoms with van der Waals surface area (Å²) in [6.45, 7) is 0. The van der Waals surface area contributed by atoms with E-state index in [9.17, 15) is 9.59 Å². The topological polar surface area (TPSA) is 65.7 Å². The molecule has 2 N–H and O–H groups in total. The molecule has 0 aliphatic carbocycles. The Bertz CT molecular complexity index is 1450. The van der Waals surface area contributed by atoms with Gasteiger partial charge in [-0.25, -0.2) is 0 Å². The zero-order valence-corrected chi connectivity index (χ0v) is 13.6. The lowest BCUT2D eigenvalue weighted by Gasteiger charge is -2.07. The van der Waals surface area contributed by atoms with E-state index in [-0.39, 0.29) is 10.9 Å². The highest BCUT2D eigenvalue weighted by Gasteiger charge is 2.11. The highest BCUT2D eigenvalue weighted by Crippen LogP contribution is 2.22. The van der Waals surface area contributed by atoms with Crippen LogP contribution in [-0.2, 0) is 0 Å². The van der Waals surface area contributed by atoms with Crippen molar-refractivity contribution in [2.24, 2.45) is 0 Å². The smallest absolute Gasteiger partial charge is 0.197 e. The van der Waals surface area contributed by atoms with Crippen molar-refractivity contribution in [2.75, 3.05) is 0 Å². The number of halogens is 1. The summed E-state index contributed by atoms with van der Waals surface area (Å²) in [6.07, 6.45) is 0. The van der Waals surface area contributed by atoms with E-state index in [1.165, 1.54) is 0 Å². The maximum Gasteiger partial charge on any atom is 0.197 e. The molecule has 5 aromatic rings. The largest absolute Gasteiger partial charge is 0.354 e. The summed E-state index contributed by atoms with van der Waals surface area (Å²) < 4.78 is 0. The summed E-state index contributed by atoms with van der Waals surface area (Å²) in [5.41, 5.74) is 2.53. The number of hydrogen-bond acceptors (Lipinski definition) is 2. The molecule has 5 heteroatoms. The molecule has 2 aromatic heterocycles. The molecular formula is C20H11ClN2O2. The van der Waals surface area contributed by atoms with Gasteiger partial charge in [0, 0.05) is 32.1 Å². The van der Waals surface area contributed by atoms with E-state index in [4.69, 9.17) is 11.6 Å². The van der Waals surface area contributed by atoms with E-state index in [1.54, 1.807) is 36.4 Å². The maximum absolute atomic E-state index is 12.8. The lowest BCUT2D eigenvalue weighted by Crippen LogP contribution is -2.08. The van der Waals surface area contributed by atoms with Gasteiger partial charge >= 0.3 is 0 Å². The molecule has 25 heavy (non-hydrogen) atoms. The summed E-state index contributed by atoms with van der Waals surface area (Å²) >= 11 is 6.03. The number of H-pyrrole nitrogens is 2. The quantitative estimate of drug-likeness (QED) is 0.410. The van der Waals surface area contributed by atoms with Gasteiger partial charge in [-0.15, -0.1) is 0 Å². The third-order valence-corrected chi connectivity index (χ3v) is 4.82. The fourth-order valence-corrected chi connectivity index (χ4v) is 3.54. The van der Waals surface area contributed by atoms with Crippen molar-refractivity contribution in [3.05, 3.63) is 80.1 Å². The first-order chi connectivity index (χ1) is 12.1. The number of rotatable bonds is 0. The van der Waals surface area contributed by atoms with Crippen LogP contribution in [0.4, 0.5) is 0 Å². The SMILES string of the molecule is O=c1c2ccccc2[nH]c2cc3c(=O)c4ccc(Cl)cc4[nH]c3cc12. The Balaban J connectivity index is 2.02. The zero-order valence-electron chi connectivity index (χ0n) is 12.9. The lowest BCUT2D eigenvalue weighted by atomic mass is 10.1. The van der Waals surface area contributed by atoms with Gasteiger partial charge in [-0.3, -0.25) is 9.59 Å². The number of aromatic amines is 2. The molecule has 0 radical (unpaired) electrons. The van der Waals surface area contributed by atoms with Gasteiger partial charge < -0.3 is 9.97 Å². The van der Waals surface area contributed by atoms with Crippen LogP contribution in [0.2, 0.25) is 5.02 Å².